The summed E-state index contributed by atoms with van der Waals surface area (Å²) in [6.07, 6.45) is 4.19. The zero-order valence-corrected chi connectivity index (χ0v) is 21.2. The third-order valence-corrected chi connectivity index (χ3v) is 6.91. The van der Waals surface area contributed by atoms with Gasteiger partial charge < -0.3 is 20.1 Å². The minimum atomic E-state index is -0.142. The number of thiocarbonyl (C=S) groups is 1. The molecule has 0 radical (unpaired) electrons. The fourth-order valence-corrected chi connectivity index (χ4v) is 5.10. The highest BCUT2D eigenvalue weighted by Gasteiger charge is 2.41. The van der Waals surface area contributed by atoms with Gasteiger partial charge in [0.1, 0.15) is 0 Å². The van der Waals surface area contributed by atoms with Crippen LogP contribution >= 0.6 is 12.2 Å². The minimum absolute atomic E-state index is 0.0406. The van der Waals surface area contributed by atoms with Gasteiger partial charge in [0.05, 0.1) is 17.8 Å². The van der Waals surface area contributed by atoms with Gasteiger partial charge in [0, 0.05) is 42.4 Å². The van der Waals surface area contributed by atoms with Gasteiger partial charge in [-0.2, -0.15) is 0 Å². The summed E-state index contributed by atoms with van der Waals surface area (Å²) in [6.45, 7) is 4.56. The quantitative estimate of drug-likeness (QED) is 0.332. The fourth-order valence-electron chi connectivity index (χ4n) is 4.76. The average molecular weight is 496 g/mol. The maximum atomic E-state index is 12.9. The van der Waals surface area contributed by atoms with Crippen LogP contribution in [0.25, 0.3) is 5.69 Å². The SMILES string of the molecule is Cc1cccc(-n2cccc2[C@@H]2[C@@H](c3ccccn3)NC(=S)N2CCC(=O)Nc2ccccc2C)c1. The van der Waals surface area contributed by atoms with Gasteiger partial charge in [0.25, 0.3) is 0 Å². The summed E-state index contributed by atoms with van der Waals surface area (Å²) in [5.41, 5.74) is 6.15. The van der Waals surface area contributed by atoms with Gasteiger partial charge in [-0.05, 0) is 79.7 Å². The average Bonchev–Trinajstić information content (AvgIpc) is 3.49. The first-order valence-corrected chi connectivity index (χ1v) is 12.5. The first kappa shape index (κ1) is 23.8. The number of amides is 1. The second-order valence-electron chi connectivity index (χ2n) is 9.08. The molecule has 2 atom stereocenters. The van der Waals surface area contributed by atoms with Crippen molar-refractivity contribution in [3.05, 3.63) is 114 Å². The Balaban J connectivity index is 1.45. The Hall–Kier alpha value is -3.97. The number of nitrogens with one attached hydrogen (secondary N) is 2. The maximum absolute atomic E-state index is 12.9. The van der Waals surface area contributed by atoms with Crippen molar-refractivity contribution >= 4 is 28.9 Å². The first-order chi connectivity index (χ1) is 17.5. The van der Waals surface area contributed by atoms with Crippen molar-refractivity contribution in [2.75, 3.05) is 11.9 Å². The molecule has 0 saturated carbocycles. The zero-order chi connectivity index (χ0) is 25.1. The molecule has 1 fully saturated rings. The van der Waals surface area contributed by atoms with Crippen LogP contribution < -0.4 is 10.6 Å². The van der Waals surface area contributed by atoms with E-state index in [0.717, 1.165) is 28.3 Å². The van der Waals surface area contributed by atoms with Crippen molar-refractivity contribution in [3.63, 3.8) is 0 Å². The van der Waals surface area contributed by atoms with Crippen LogP contribution in [0.3, 0.4) is 0 Å². The molecule has 0 unspecified atom stereocenters. The number of aromatic nitrogens is 2. The lowest BCUT2D eigenvalue weighted by Crippen LogP contribution is -2.33. The van der Waals surface area contributed by atoms with Gasteiger partial charge in [0.15, 0.2) is 5.11 Å². The molecule has 0 aliphatic carbocycles. The number of anilines is 1. The van der Waals surface area contributed by atoms with E-state index in [-0.39, 0.29) is 18.0 Å². The van der Waals surface area contributed by atoms with E-state index in [1.807, 2.05) is 49.4 Å². The molecule has 1 amide bonds. The molecule has 7 heteroatoms. The highest BCUT2D eigenvalue weighted by Crippen LogP contribution is 2.39. The van der Waals surface area contributed by atoms with Crippen molar-refractivity contribution in [2.45, 2.75) is 32.4 Å². The Morgan fingerprint density at radius 3 is 2.64 bits per heavy atom. The van der Waals surface area contributed by atoms with E-state index in [2.05, 4.69) is 74.6 Å². The number of para-hydroxylation sites is 1. The standard InChI is InChI=1S/C29H29N5OS/c1-20-9-7-11-22(19-20)33-17-8-14-25(33)28-27(24-13-5-6-16-30-24)32-29(36)34(28)18-15-26(35)31-23-12-4-3-10-21(23)2/h3-14,16-17,19,27-28H,15,18H2,1-2H3,(H,31,35)(H,32,36)/t27-,28-/m1/s1. The number of carbonyl (C=O) groups is 1. The Labute approximate surface area is 217 Å². The molecule has 0 spiro atoms. The van der Waals surface area contributed by atoms with Crippen molar-refractivity contribution in [2.24, 2.45) is 0 Å². The number of hydrogen-bond acceptors (Lipinski definition) is 3. The monoisotopic (exact) mass is 495 g/mol. The summed E-state index contributed by atoms with van der Waals surface area (Å²) in [6, 6.07) is 26.0. The fraction of sp³-hybridized carbons (Fsp3) is 0.207. The van der Waals surface area contributed by atoms with E-state index in [9.17, 15) is 4.79 Å². The first-order valence-electron chi connectivity index (χ1n) is 12.1. The van der Waals surface area contributed by atoms with Crippen molar-refractivity contribution < 1.29 is 4.79 Å². The Morgan fingerprint density at radius 2 is 1.86 bits per heavy atom. The summed E-state index contributed by atoms with van der Waals surface area (Å²) >= 11 is 5.80. The van der Waals surface area contributed by atoms with Crippen LogP contribution in [0.1, 0.15) is 41.0 Å². The third-order valence-electron chi connectivity index (χ3n) is 6.56. The molecule has 6 nitrogen and oxygen atoms in total. The maximum Gasteiger partial charge on any atom is 0.226 e. The van der Waals surface area contributed by atoms with Gasteiger partial charge in [-0.25, -0.2) is 0 Å². The molecule has 5 rings (SSSR count). The number of aryl methyl sites for hydroxylation is 2. The summed E-state index contributed by atoms with van der Waals surface area (Å²) in [5.74, 6) is -0.0406. The molecule has 1 saturated heterocycles. The molecule has 2 N–H and O–H groups in total. The Kier molecular flexibility index (Phi) is 6.82. The van der Waals surface area contributed by atoms with E-state index in [1.54, 1.807) is 6.20 Å². The zero-order valence-electron chi connectivity index (χ0n) is 20.4. The molecule has 182 valence electrons. The molecular weight excluding hydrogens is 466 g/mol. The predicted octanol–water partition coefficient (Wildman–Crippen LogP) is 5.49. The van der Waals surface area contributed by atoms with Crippen LogP contribution in [0.5, 0.6) is 0 Å². The number of nitrogens with zero attached hydrogens (tertiary/aromatic N) is 3. The number of rotatable bonds is 7. The number of hydrogen-bond donors (Lipinski definition) is 2. The van der Waals surface area contributed by atoms with Crippen LogP contribution in [0.2, 0.25) is 0 Å². The van der Waals surface area contributed by atoms with E-state index < -0.39 is 0 Å². The van der Waals surface area contributed by atoms with Crippen LogP contribution in [0, 0.1) is 13.8 Å². The Morgan fingerprint density at radius 1 is 1.03 bits per heavy atom. The van der Waals surface area contributed by atoms with E-state index in [0.29, 0.717) is 18.1 Å². The molecule has 3 heterocycles. The van der Waals surface area contributed by atoms with Crippen LogP contribution in [-0.4, -0.2) is 32.0 Å². The molecule has 0 bridgehead atoms. The number of carbonyl (C=O) groups excluding carboxylic acids is 1. The van der Waals surface area contributed by atoms with Gasteiger partial charge in [-0.15, -0.1) is 0 Å². The lowest BCUT2D eigenvalue weighted by atomic mass is 10.0. The van der Waals surface area contributed by atoms with Crippen molar-refractivity contribution in [3.8, 4) is 5.69 Å². The van der Waals surface area contributed by atoms with Gasteiger partial charge in [0.2, 0.25) is 5.91 Å². The van der Waals surface area contributed by atoms with Gasteiger partial charge >= 0.3 is 0 Å². The predicted molar refractivity (Wildman–Crippen MR) is 147 cm³/mol. The van der Waals surface area contributed by atoms with E-state index >= 15 is 0 Å². The summed E-state index contributed by atoms with van der Waals surface area (Å²) in [5, 5.41) is 7.14. The second kappa shape index (κ2) is 10.3. The molecule has 4 aromatic rings. The largest absolute Gasteiger partial charge is 0.352 e. The summed E-state index contributed by atoms with van der Waals surface area (Å²) < 4.78 is 2.20. The third kappa shape index (κ3) is 4.88. The number of benzene rings is 2. The topological polar surface area (TPSA) is 62.2 Å². The summed E-state index contributed by atoms with van der Waals surface area (Å²) in [4.78, 5) is 19.6. The van der Waals surface area contributed by atoms with Gasteiger partial charge in [-0.3, -0.25) is 9.78 Å². The van der Waals surface area contributed by atoms with Crippen LogP contribution in [0.15, 0.2) is 91.3 Å². The number of pyridine rings is 1. The highest BCUT2D eigenvalue weighted by molar-refractivity contribution is 7.80. The van der Waals surface area contributed by atoms with E-state index in [1.165, 1.54) is 5.56 Å². The van der Waals surface area contributed by atoms with Crippen LogP contribution in [-0.2, 0) is 4.79 Å². The van der Waals surface area contributed by atoms with Crippen molar-refractivity contribution in [1.82, 2.24) is 19.8 Å². The molecule has 2 aromatic heterocycles. The molecule has 2 aromatic carbocycles. The smallest absolute Gasteiger partial charge is 0.226 e. The summed E-state index contributed by atoms with van der Waals surface area (Å²) in [7, 11) is 0. The highest BCUT2D eigenvalue weighted by atomic mass is 32.1. The second-order valence-corrected chi connectivity index (χ2v) is 9.46. The molecule has 36 heavy (non-hydrogen) atoms. The minimum Gasteiger partial charge on any atom is -0.352 e. The normalized spacial score (nSPS) is 17.2. The molecular formula is C29H29N5OS. The van der Waals surface area contributed by atoms with Crippen molar-refractivity contribution in [1.29, 1.82) is 0 Å². The van der Waals surface area contributed by atoms with Crippen LogP contribution in [0.4, 0.5) is 5.69 Å². The molecule has 1 aliphatic heterocycles. The lowest BCUT2D eigenvalue weighted by Gasteiger charge is -2.29. The van der Waals surface area contributed by atoms with E-state index in [4.69, 9.17) is 12.2 Å². The molecule has 1 aliphatic rings. The Bertz CT molecular complexity index is 1380. The van der Waals surface area contributed by atoms with Gasteiger partial charge in [-0.1, -0.05) is 36.4 Å². The lowest BCUT2D eigenvalue weighted by molar-refractivity contribution is -0.116.